The Balaban J connectivity index is 3.55. The lowest BCUT2D eigenvalue weighted by atomic mass is 10.2. The van der Waals surface area contributed by atoms with E-state index in [4.69, 9.17) is 0 Å². The van der Waals surface area contributed by atoms with Gasteiger partial charge in [0.1, 0.15) is 0 Å². The molecule has 0 fully saturated rings. The van der Waals surface area contributed by atoms with Crippen molar-refractivity contribution < 1.29 is 9.53 Å². The number of carbonyl (C=O) groups excluding carboxylic acids is 1. The summed E-state index contributed by atoms with van der Waals surface area (Å²) in [5.41, 5.74) is 0. The zero-order valence-corrected chi connectivity index (χ0v) is 11.2. The van der Waals surface area contributed by atoms with Crippen LogP contribution in [0.25, 0.3) is 0 Å². The maximum atomic E-state index is 10.9. The second-order valence-corrected chi connectivity index (χ2v) is 4.27. The van der Waals surface area contributed by atoms with Gasteiger partial charge in [-0.1, -0.05) is 6.92 Å². The second kappa shape index (κ2) is 9.60. The summed E-state index contributed by atoms with van der Waals surface area (Å²) in [4.78, 5) is 15.5. The Morgan fingerprint density at radius 1 is 1.12 bits per heavy atom. The van der Waals surface area contributed by atoms with E-state index < -0.39 is 0 Å². The molecule has 0 bridgehead atoms. The molecule has 0 unspecified atom stereocenters. The van der Waals surface area contributed by atoms with E-state index in [0.717, 1.165) is 32.6 Å². The van der Waals surface area contributed by atoms with Gasteiger partial charge >= 0.3 is 5.97 Å². The molecule has 0 aliphatic rings. The van der Waals surface area contributed by atoms with Crippen molar-refractivity contribution in [3.63, 3.8) is 0 Å². The zero-order valence-electron chi connectivity index (χ0n) is 11.2. The van der Waals surface area contributed by atoms with Crippen LogP contribution in [0.1, 0.15) is 26.2 Å². The average molecular weight is 230 g/mol. The topological polar surface area (TPSA) is 32.8 Å². The third kappa shape index (κ3) is 8.68. The van der Waals surface area contributed by atoms with Crippen molar-refractivity contribution in [2.45, 2.75) is 26.2 Å². The number of rotatable bonds is 9. The first-order valence-corrected chi connectivity index (χ1v) is 6.04. The van der Waals surface area contributed by atoms with Crippen LogP contribution in [0.2, 0.25) is 0 Å². The SMILES string of the molecule is CCN(CCCC(=O)OC)CCCN(C)C. The first-order valence-electron chi connectivity index (χ1n) is 6.04. The van der Waals surface area contributed by atoms with E-state index in [1.54, 1.807) is 0 Å². The lowest BCUT2D eigenvalue weighted by Gasteiger charge is -2.21. The molecule has 96 valence electrons. The monoisotopic (exact) mass is 230 g/mol. The predicted octanol–water partition coefficient (Wildman–Crippen LogP) is 1.21. The van der Waals surface area contributed by atoms with E-state index in [1.807, 2.05) is 0 Å². The van der Waals surface area contributed by atoms with E-state index >= 15 is 0 Å². The minimum absolute atomic E-state index is 0.107. The van der Waals surface area contributed by atoms with Gasteiger partial charge in [0.25, 0.3) is 0 Å². The van der Waals surface area contributed by atoms with E-state index in [2.05, 4.69) is 35.6 Å². The molecule has 0 aromatic heterocycles. The molecule has 0 aromatic rings. The fourth-order valence-electron chi connectivity index (χ4n) is 1.59. The lowest BCUT2D eigenvalue weighted by Crippen LogP contribution is -2.28. The average Bonchev–Trinajstić information content (AvgIpc) is 2.26. The molecule has 0 aliphatic carbocycles. The number of nitrogens with zero attached hydrogens (tertiary/aromatic N) is 2. The predicted molar refractivity (Wildman–Crippen MR) is 66.5 cm³/mol. The van der Waals surface area contributed by atoms with Crippen LogP contribution in [0, 0.1) is 0 Å². The van der Waals surface area contributed by atoms with Gasteiger partial charge in [-0.25, -0.2) is 0 Å². The van der Waals surface area contributed by atoms with Crippen molar-refractivity contribution in [3.05, 3.63) is 0 Å². The van der Waals surface area contributed by atoms with Crippen LogP contribution in [-0.2, 0) is 9.53 Å². The van der Waals surface area contributed by atoms with Gasteiger partial charge in [0.05, 0.1) is 7.11 Å². The van der Waals surface area contributed by atoms with Crippen molar-refractivity contribution >= 4 is 5.97 Å². The molecule has 0 rings (SSSR count). The van der Waals surface area contributed by atoms with Crippen molar-refractivity contribution in [1.82, 2.24) is 9.80 Å². The highest BCUT2D eigenvalue weighted by Gasteiger charge is 2.05. The van der Waals surface area contributed by atoms with Gasteiger partial charge < -0.3 is 14.5 Å². The minimum Gasteiger partial charge on any atom is -0.469 e. The van der Waals surface area contributed by atoms with Crippen molar-refractivity contribution in [2.75, 3.05) is 47.4 Å². The molecular formula is C12H26N2O2. The Kier molecular flexibility index (Phi) is 9.24. The largest absolute Gasteiger partial charge is 0.469 e. The summed E-state index contributed by atoms with van der Waals surface area (Å²) < 4.78 is 4.61. The van der Waals surface area contributed by atoms with E-state index in [9.17, 15) is 4.79 Å². The summed E-state index contributed by atoms with van der Waals surface area (Å²) in [6.45, 7) is 6.42. The highest BCUT2D eigenvalue weighted by atomic mass is 16.5. The van der Waals surface area contributed by atoms with Gasteiger partial charge in [0, 0.05) is 6.42 Å². The smallest absolute Gasteiger partial charge is 0.305 e. The number of ether oxygens (including phenoxy) is 1. The zero-order chi connectivity index (χ0) is 12.4. The number of carbonyl (C=O) groups is 1. The number of methoxy groups -OCH3 is 1. The first-order chi connectivity index (χ1) is 7.60. The van der Waals surface area contributed by atoms with Crippen molar-refractivity contribution in [2.24, 2.45) is 0 Å². The Labute approximate surface area is 99.5 Å². The Morgan fingerprint density at radius 2 is 1.75 bits per heavy atom. The number of hydrogen-bond donors (Lipinski definition) is 0. The van der Waals surface area contributed by atoms with Crippen molar-refractivity contribution in [3.8, 4) is 0 Å². The van der Waals surface area contributed by atoms with Crippen LogP contribution in [-0.4, -0.2) is 63.2 Å². The van der Waals surface area contributed by atoms with E-state index in [1.165, 1.54) is 13.5 Å². The molecule has 0 radical (unpaired) electrons. The molecule has 0 saturated heterocycles. The molecule has 0 spiro atoms. The van der Waals surface area contributed by atoms with Gasteiger partial charge in [0.2, 0.25) is 0 Å². The molecular weight excluding hydrogens is 204 g/mol. The summed E-state index contributed by atoms with van der Waals surface area (Å²) in [5, 5.41) is 0. The van der Waals surface area contributed by atoms with Crippen LogP contribution in [0.5, 0.6) is 0 Å². The molecule has 0 aromatic carbocycles. The van der Waals surface area contributed by atoms with Gasteiger partial charge in [-0.15, -0.1) is 0 Å². The highest BCUT2D eigenvalue weighted by Crippen LogP contribution is 1.98. The Bertz CT molecular complexity index is 184. The molecule has 0 atom stereocenters. The van der Waals surface area contributed by atoms with Gasteiger partial charge in [-0.3, -0.25) is 4.79 Å². The van der Waals surface area contributed by atoms with Gasteiger partial charge in [0.15, 0.2) is 0 Å². The summed E-state index contributed by atoms with van der Waals surface area (Å²) >= 11 is 0. The quantitative estimate of drug-likeness (QED) is 0.557. The maximum Gasteiger partial charge on any atom is 0.305 e. The standard InChI is InChI=1S/C12H26N2O2/c1-5-14(11-7-9-13(2)3)10-6-8-12(15)16-4/h5-11H2,1-4H3. The van der Waals surface area contributed by atoms with Gasteiger partial charge in [-0.05, 0) is 53.1 Å². The van der Waals surface area contributed by atoms with Gasteiger partial charge in [-0.2, -0.15) is 0 Å². The molecule has 4 heteroatoms. The summed E-state index contributed by atoms with van der Waals surface area (Å²) in [6, 6.07) is 0. The first kappa shape index (κ1) is 15.4. The normalized spacial score (nSPS) is 11.1. The lowest BCUT2D eigenvalue weighted by molar-refractivity contribution is -0.140. The maximum absolute atomic E-state index is 10.9. The van der Waals surface area contributed by atoms with Crippen LogP contribution < -0.4 is 0 Å². The van der Waals surface area contributed by atoms with E-state index in [0.29, 0.717) is 6.42 Å². The van der Waals surface area contributed by atoms with E-state index in [-0.39, 0.29) is 5.97 Å². The fourth-order valence-corrected chi connectivity index (χ4v) is 1.59. The molecule has 0 saturated carbocycles. The fraction of sp³-hybridized carbons (Fsp3) is 0.917. The summed E-state index contributed by atoms with van der Waals surface area (Å²) in [5.74, 6) is -0.107. The summed E-state index contributed by atoms with van der Waals surface area (Å²) in [6.07, 6.45) is 2.60. The van der Waals surface area contributed by atoms with Crippen LogP contribution in [0.4, 0.5) is 0 Å². The van der Waals surface area contributed by atoms with Crippen LogP contribution in [0.15, 0.2) is 0 Å². The second-order valence-electron chi connectivity index (χ2n) is 4.27. The Morgan fingerprint density at radius 3 is 2.25 bits per heavy atom. The number of hydrogen-bond acceptors (Lipinski definition) is 4. The molecule has 16 heavy (non-hydrogen) atoms. The molecule has 0 aliphatic heterocycles. The Hall–Kier alpha value is -0.610. The van der Waals surface area contributed by atoms with Crippen LogP contribution >= 0.6 is 0 Å². The highest BCUT2D eigenvalue weighted by molar-refractivity contribution is 5.69. The molecule has 0 amide bonds. The minimum atomic E-state index is -0.107. The summed E-state index contributed by atoms with van der Waals surface area (Å²) in [7, 11) is 5.62. The third-order valence-electron chi connectivity index (χ3n) is 2.61. The molecule has 4 nitrogen and oxygen atoms in total. The van der Waals surface area contributed by atoms with Crippen molar-refractivity contribution in [1.29, 1.82) is 0 Å². The molecule has 0 heterocycles. The third-order valence-corrected chi connectivity index (χ3v) is 2.61. The molecule has 0 N–H and O–H groups in total. The number of esters is 1. The van der Waals surface area contributed by atoms with Crippen LogP contribution in [0.3, 0.4) is 0 Å².